The molecule has 1 fully saturated rings. The molecule has 0 radical (unpaired) electrons. The van der Waals surface area contributed by atoms with E-state index in [0.717, 1.165) is 19.3 Å². The summed E-state index contributed by atoms with van der Waals surface area (Å²) >= 11 is 0. The molecule has 1 aliphatic carbocycles. The molecule has 18 heavy (non-hydrogen) atoms. The van der Waals surface area contributed by atoms with Crippen molar-refractivity contribution in [3.63, 3.8) is 0 Å². The summed E-state index contributed by atoms with van der Waals surface area (Å²) < 4.78 is 5.79. The first-order chi connectivity index (χ1) is 8.51. The smallest absolute Gasteiger partial charge is 0.307 e. The molecule has 0 atom stereocenters. The zero-order valence-electron chi connectivity index (χ0n) is 10.3. The Labute approximate surface area is 106 Å². The Hall–Kier alpha value is -1.84. The van der Waals surface area contributed by atoms with Gasteiger partial charge in [-0.2, -0.15) is 0 Å². The molecule has 0 aromatic heterocycles. The number of aliphatic carboxylic acids is 1. The highest BCUT2D eigenvalue weighted by molar-refractivity contribution is 5.94. The minimum absolute atomic E-state index is 0.00504. The first-order valence-electron chi connectivity index (χ1n) is 6.03. The van der Waals surface area contributed by atoms with Crippen LogP contribution in [0.5, 0.6) is 5.75 Å². The third kappa shape index (κ3) is 2.70. The molecule has 1 N–H and O–H groups in total. The number of carbonyl (C=O) groups excluding carboxylic acids is 1. The number of carboxylic acid groups (broad SMARTS) is 1. The molecule has 1 aromatic carbocycles. The fourth-order valence-corrected chi connectivity index (χ4v) is 2.17. The summed E-state index contributed by atoms with van der Waals surface area (Å²) in [7, 11) is 0. The van der Waals surface area contributed by atoms with Gasteiger partial charge >= 0.3 is 5.97 Å². The number of ether oxygens (including phenoxy) is 1. The highest BCUT2D eigenvalue weighted by Crippen LogP contribution is 2.39. The van der Waals surface area contributed by atoms with E-state index in [-0.39, 0.29) is 12.2 Å². The van der Waals surface area contributed by atoms with E-state index in [9.17, 15) is 9.59 Å². The van der Waals surface area contributed by atoms with E-state index in [0.29, 0.717) is 11.3 Å². The van der Waals surface area contributed by atoms with E-state index in [1.54, 1.807) is 24.3 Å². The van der Waals surface area contributed by atoms with Crippen molar-refractivity contribution in [2.24, 2.45) is 0 Å². The summed E-state index contributed by atoms with van der Waals surface area (Å²) in [5.41, 5.74) is 0.0760. The lowest BCUT2D eigenvalue weighted by Crippen LogP contribution is -2.45. The van der Waals surface area contributed by atoms with Crippen molar-refractivity contribution >= 4 is 11.8 Å². The Morgan fingerprint density at radius 3 is 2.28 bits per heavy atom. The summed E-state index contributed by atoms with van der Waals surface area (Å²) in [6, 6.07) is 6.84. The lowest BCUT2D eigenvalue weighted by molar-refractivity contribution is -0.144. The molecule has 0 saturated heterocycles. The van der Waals surface area contributed by atoms with Gasteiger partial charge in [0.15, 0.2) is 5.78 Å². The molecule has 0 spiro atoms. The molecular formula is C14H16O4. The fourth-order valence-electron chi connectivity index (χ4n) is 2.17. The molecule has 96 valence electrons. The average Bonchev–Trinajstić information content (AvgIpc) is 2.26. The molecule has 4 nitrogen and oxygen atoms in total. The van der Waals surface area contributed by atoms with Gasteiger partial charge < -0.3 is 9.84 Å². The van der Waals surface area contributed by atoms with Crippen LogP contribution in [0.25, 0.3) is 0 Å². The Balaban J connectivity index is 2.08. The molecule has 1 saturated carbocycles. The quantitative estimate of drug-likeness (QED) is 0.814. The van der Waals surface area contributed by atoms with Crippen LogP contribution in [0.2, 0.25) is 0 Å². The van der Waals surface area contributed by atoms with Crippen molar-refractivity contribution in [1.29, 1.82) is 0 Å². The molecular weight excluding hydrogens is 232 g/mol. The SMILES string of the molecule is CC(=O)c1ccc(OC2(CC(=O)O)CCC2)cc1. The van der Waals surface area contributed by atoms with Gasteiger partial charge in [-0.05, 0) is 50.5 Å². The first kappa shape index (κ1) is 12.6. The zero-order valence-corrected chi connectivity index (χ0v) is 10.3. The zero-order chi connectivity index (χ0) is 13.2. The Morgan fingerprint density at radius 1 is 1.28 bits per heavy atom. The van der Waals surface area contributed by atoms with Crippen LogP contribution >= 0.6 is 0 Å². The van der Waals surface area contributed by atoms with Gasteiger partial charge in [0.2, 0.25) is 0 Å². The summed E-state index contributed by atoms with van der Waals surface area (Å²) in [5, 5.41) is 8.88. The van der Waals surface area contributed by atoms with E-state index in [1.807, 2.05) is 0 Å². The molecule has 2 rings (SSSR count). The standard InChI is InChI=1S/C14H16O4/c1-10(15)11-3-5-12(6-4-11)18-14(7-2-8-14)9-13(16)17/h3-6H,2,7-9H2,1H3,(H,16,17). The monoisotopic (exact) mass is 248 g/mol. The first-order valence-corrected chi connectivity index (χ1v) is 6.03. The van der Waals surface area contributed by atoms with Gasteiger partial charge in [0.1, 0.15) is 11.4 Å². The second-order valence-corrected chi connectivity index (χ2v) is 4.79. The lowest BCUT2D eigenvalue weighted by atomic mass is 9.77. The normalized spacial score (nSPS) is 16.7. The highest BCUT2D eigenvalue weighted by atomic mass is 16.5. The number of carboxylic acids is 1. The number of benzene rings is 1. The van der Waals surface area contributed by atoms with Gasteiger partial charge in [0.05, 0.1) is 6.42 Å². The van der Waals surface area contributed by atoms with Crippen LogP contribution in [0, 0.1) is 0 Å². The molecule has 4 heteroatoms. The van der Waals surface area contributed by atoms with Crippen molar-refractivity contribution in [3.8, 4) is 5.75 Å². The summed E-state index contributed by atoms with van der Waals surface area (Å²) in [6.45, 7) is 1.51. The third-order valence-corrected chi connectivity index (χ3v) is 3.33. The van der Waals surface area contributed by atoms with Gasteiger partial charge in [-0.15, -0.1) is 0 Å². The third-order valence-electron chi connectivity index (χ3n) is 3.33. The Morgan fingerprint density at radius 2 is 1.89 bits per heavy atom. The van der Waals surface area contributed by atoms with Gasteiger partial charge in [0.25, 0.3) is 0 Å². The summed E-state index contributed by atoms with van der Waals surface area (Å²) in [4.78, 5) is 22.0. The minimum Gasteiger partial charge on any atom is -0.487 e. The molecule has 0 amide bonds. The largest absolute Gasteiger partial charge is 0.487 e. The van der Waals surface area contributed by atoms with E-state index in [4.69, 9.17) is 9.84 Å². The Bertz CT molecular complexity index is 457. The van der Waals surface area contributed by atoms with Crippen LogP contribution in [-0.4, -0.2) is 22.5 Å². The molecule has 1 aromatic rings. The van der Waals surface area contributed by atoms with Gasteiger partial charge in [-0.25, -0.2) is 0 Å². The number of rotatable bonds is 5. The molecule has 0 unspecified atom stereocenters. The van der Waals surface area contributed by atoms with Gasteiger partial charge in [-0.1, -0.05) is 0 Å². The van der Waals surface area contributed by atoms with Crippen LogP contribution in [0.1, 0.15) is 43.0 Å². The average molecular weight is 248 g/mol. The highest BCUT2D eigenvalue weighted by Gasteiger charge is 2.41. The number of ketones is 1. The second-order valence-electron chi connectivity index (χ2n) is 4.79. The molecule has 0 aliphatic heterocycles. The van der Waals surface area contributed by atoms with Gasteiger partial charge in [-0.3, -0.25) is 9.59 Å². The minimum atomic E-state index is -0.838. The number of Topliss-reactive ketones (excluding diaryl/α,β-unsaturated/α-hetero) is 1. The molecule has 0 heterocycles. The summed E-state index contributed by atoms with van der Waals surface area (Å²) in [5.74, 6) is -0.207. The molecule has 0 bridgehead atoms. The van der Waals surface area contributed by atoms with Crippen LogP contribution in [0.15, 0.2) is 24.3 Å². The summed E-state index contributed by atoms with van der Waals surface area (Å²) in [6.07, 6.45) is 2.57. The maximum atomic E-state index is 11.1. The maximum Gasteiger partial charge on any atom is 0.307 e. The Kier molecular flexibility index (Phi) is 3.36. The van der Waals surface area contributed by atoms with E-state index >= 15 is 0 Å². The fraction of sp³-hybridized carbons (Fsp3) is 0.429. The second kappa shape index (κ2) is 4.80. The van der Waals surface area contributed by atoms with Crippen molar-refractivity contribution < 1.29 is 19.4 Å². The topological polar surface area (TPSA) is 63.6 Å². The number of hydrogen-bond donors (Lipinski definition) is 1. The van der Waals surface area contributed by atoms with E-state index in [1.165, 1.54) is 6.92 Å². The van der Waals surface area contributed by atoms with Crippen LogP contribution in [-0.2, 0) is 4.79 Å². The predicted octanol–water partition coefficient (Wildman–Crippen LogP) is 2.67. The maximum absolute atomic E-state index is 11.1. The number of carbonyl (C=O) groups is 2. The van der Waals surface area contributed by atoms with Crippen molar-refractivity contribution in [3.05, 3.63) is 29.8 Å². The van der Waals surface area contributed by atoms with Gasteiger partial charge in [0, 0.05) is 5.56 Å². The van der Waals surface area contributed by atoms with Crippen LogP contribution in [0.3, 0.4) is 0 Å². The molecule has 1 aliphatic rings. The van der Waals surface area contributed by atoms with Crippen LogP contribution in [0.4, 0.5) is 0 Å². The predicted molar refractivity (Wildman–Crippen MR) is 65.9 cm³/mol. The number of hydrogen-bond acceptors (Lipinski definition) is 3. The lowest BCUT2D eigenvalue weighted by Gasteiger charge is -2.40. The van der Waals surface area contributed by atoms with Crippen LogP contribution < -0.4 is 4.74 Å². The van der Waals surface area contributed by atoms with Crippen molar-refractivity contribution in [1.82, 2.24) is 0 Å². The van der Waals surface area contributed by atoms with Crippen molar-refractivity contribution in [2.45, 2.75) is 38.2 Å². The van der Waals surface area contributed by atoms with Crippen molar-refractivity contribution in [2.75, 3.05) is 0 Å². The van der Waals surface area contributed by atoms with E-state index in [2.05, 4.69) is 0 Å². The van der Waals surface area contributed by atoms with E-state index < -0.39 is 11.6 Å².